The highest BCUT2D eigenvalue weighted by Crippen LogP contribution is 2.19. The van der Waals surface area contributed by atoms with Crippen LogP contribution in [0.15, 0.2) is 26.6 Å². The second kappa shape index (κ2) is 4.80. The van der Waals surface area contributed by atoms with Gasteiger partial charge in [0, 0.05) is 20.3 Å². The van der Waals surface area contributed by atoms with E-state index < -0.39 is 0 Å². The van der Waals surface area contributed by atoms with Gasteiger partial charge >= 0.3 is 0 Å². The number of thiophene rings is 1. The number of nitrogens with one attached hydrogen (secondary N) is 1. The van der Waals surface area contributed by atoms with Crippen LogP contribution in [0.25, 0.3) is 0 Å². The Hall–Kier alpha value is -1.14. The SMILES string of the molecule is Cc1cnoc1C(=O)NCc1cc(Br)cs1. The normalized spacial score (nSPS) is 10.4. The highest BCUT2D eigenvalue weighted by atomic mass is 79.9. The third-order valence-corrected chi connectivity index (χ3v) is 3.70. The Morgan fingerprint density at radius 1 is 1.69 bits per heavy atom. The molecule has 0 aliphatic rings. The van der Waals surface area contributed by atoms with Gasteiger partial charge in [-0.25, -0.2) is 0 Å². The van der Waals surface area contributed by atoms with Crippen molar-refractivity contribution in [3.05, 3.63) is 38.3 Å². The Morgan fingerprint density at radius 2 is 2.50 bits per heavy atom. The number of amides is 1. The van der Waals surface area contributed by atoms with Crippen LogP contribution in [0.5, 0.6) is 0 Å². The van der Waals surface area contributed by atoms with Crippen LogP contribution in [0.4, 0.5) is 0 Å². The smallest absolute Gasteiger partial charge is 0.290 e. The number of aryl methyl sites for hydroxylation is 1. The number of aromatic nitrogens is 1. The van der Waals surface area contributed by atoms with Crippen molar-refractivity contribution in [1.29, 1.82) is 0 Å². The fourth-order valence-corrected chi connectivity index (χ4v) is 2.59. The molecule has 0 aromatic carbocycles. The molecular formula is C10H9BrN2O2S. The lowest BCUT2D eigenvalue weighted by Gasteiger charge is -2.00. The molecule has 0 aliphatic carbocycles. The molecule has 6 heteroatoms. The van der Waals surface area contributed by atoms with Crippen LogP contribution < -0.4 is 5.32 Å². The van der Waals surface area contributed by atoms with Gasteiger partial charge in [-0.1, -0.05) is 5.16 Å². The van der Waals surface area contributed by atoms with Crippen molar-refractivity contribution in [2.75, 3.05) is 0 Å². The quantitative estimate of drug-likeness (QED) is 0.948. The Bertz CT molecular complexity index is 506. The van der Waals surface area contributed by atoms with Crippen molar-refractivity contribution in [3.63, 3.8) is 0 Å². The Labute approximate surface area is 105 Å². The zero-order chi connectivity index (χ0) is 11.5. The van der Waals surface area contributed by atoms with Crippen LogP contribution in [0.1, 0.15) is 21.0 Å². The third kappa shape index (κ3) is 2.51. The van der Waals surface area contributed by atoms with Crippen molar-refractivity contribution >= 4 is 33.2 Å². The number of halogens is 1. The molecule has 2 aromatic heterocycles. The van der Waals surface area contributed by atoms with E-state index in [4.69, 9.17) is 4.52 Å². The van der Waals surface area contributed by atoms with E-state index in [0.29, 0.717) is 6.54 Å². The molecule has 0 radical (unpaired) electrons. The van der Waals surface area contributed by atoms with E-state index >= 15 is 0 Å². The fourth-order valence-electron chi connectivity index (χ4n) is 1.20. The van der Waals surface area contributed by atoms with Gasteiger partial charge < -0.3 is 9.84 Å². The molecule has 0 atom stereocenters. The second-order valence-electron chi connectivity index (χ2n) is 3.25. The summed E-state index contributed by atoms with van der Waals surface area (Å²) in [6, 6.07) is 1.97. The predicted molar refractivity (Wildman–Crippen MR) is 64.4 cm³/mol. The van der Waals surface area contributed by atoms with Gasteiger partial charge in [0.15, 0.2) is 0 Å². The Balaban J connectivity index is 1.96. The van der Waals surface area contributed by atoms with Crippen LogP contribution in [0.2, 0.25) is 0 Å². The lowest BCUT2D eigenvalue weighted by molar-refractivity contribution is 0.0913. The number of rotatable bonds is 3. The van der Waals surface area contributed by atoms with Crippen LogP contribution in [0.3, 0.4) is 0 Å². The number of carbonyl (C=O) groups excluding carboxylic acids is 1. The summed E-state index contributed by atoms with van der Waals surface area (Å²) in [5, 5.41) is 8.31. The van der Waals surface area contributed by atoms with Crippen LogP contribution in [-0.2, 0) is 6.54 Å². The molecule has 16 heavy (non-hydrogen) atoms. The summed E-state index contributed by atoms with van der Waals surface area (Å²) in [6.07, 6.45) is 1.52. The zero-order valence-electron chi connectivity index (χ0n) is 8.49. The first kappa shape index (κ1) is 11.3. The molecule has 1 amide bonds. The molecule has 4 nitrogen and oxygen atoms in total. The van der Waals surface area contributed by atoms with Crippen LogP contribution in [0, 0.1) is 6.92 Å². The molecule has 84 valence electrons. The molecule has 0 saturated heterocycles. The zero-order valence-corrected chi connectivity index (χ0v) is 10.9. The largest absolute Gasteiger partial charge is 0.351 e. The van der Waals surface area contributed by atoms with Crippen molar-refractivity contribution < 1.29 is 9.32 Å². The molecular weight excluding hydrogens is 292 g/mol. The Kier molecular flexibility index (Phi) is 3.40. The number of hydrogen-bond donors (Lipinski definition) is 1. The van der Waals surface area contributed by atoms with Crippen molar-refractivity contribution in [1.82, 2.24) is 10.5 Å². The van der Waals surface area contributed by atoms with Gasteiger partial charge in [-0.2, -0.15) is 0 Å². The number of carbonyl (C=O) groups is 1. The monoisotopic (exact) mass is 300 g/mol. The minimum absolute atomic E-state index is 0.237. The maximum Gasteiger partial charge on any atom is 0.290 e. The fraction of sp³-hybridized carbons (Fsp3) is 0.200. The van der Waals surface area contributed by atoms with Gasteiger partial charge in [-0.15, -0.1) is 11.3 Å². The molecule has 2 heterocycles. The molecule has 0 bridgehead atoms. The summed E-state index contributed by atoms with van der Waals surface area (Å²) in [5.74, 6) is 0.0372. The van der Waals surface area contributed by atoms with Crippen molar-refractivity contribution in [2.24, 2.45) is 0 Å². The summed E-state index contributed by atoms with van der Waals surface area (Å²) >= 11 is 4.94. The van der Waals surface area contributed by atoms with Crippen LogP contribution >= 0.6 is 27.3 Å². The predicted octanol–water partition coefficient (Wildman–Crippen LogP) is 2.74. The van der Waals surface area contributed by atoms with E-state index in [9.17, 15) is 4.79 Å². The van der Waals surface area contributed by atoms with E-state index in [1.54, 1.807) is 18.3 Å². The first-order chi connectivity index (χ1) is 7.66. The molecule has 0 spiro atoms. The minimum atomic E-state index is -0.237. The van der Waals surface area contributed by atoms with Crippen molar-refractivity contribution in [2.45, 2.75) is 13.5 Å². The standard InChI is InChI=1S/C10H9BrN2O2S/c1-6-3-13-15-9(6)10(14)12-4-8-2-7(11)5-16-8/h2-3,5H,4H2,1H3,(H,12,14). The molecule has 2 rings (SSSR count). The minimum Gasteiger partial charge on any atom is -0.351 e. The highest BCUT2D eigenvalue weighted by molar-refractivity contribution is 9.10. The molecule has 1 N–H and O–H groups in total. The average molecular weight is 301 g/mol. The van der Waals surface area contributed by atoms with E-state index in [0.717, 1.165) is 14.9 Å². The van der Waals surface area contributed by atoms with E-state index in [-0.39, 0.29) is 11.7 Å². The first-order valence-corrected chi connectivity index (χ1v) is 6.26. The lowest BCUT2D eigenvalue weighted by Crippen LogP contribution is -2.22. The third-order valence-electron chi connectivity index (χ3n) is 2.00. The first-order valence-electron chi connectivity index (χ1n) is 4.59. The van der Waals surface area contributed by atoms with Gasteiger partial charge in [-0.3, -0.25) is 4.79 Å². The molecule has 0 saturated carbocycles. The van der Waals surface area contributed by atoms with Crippen LogP contribution in [-0.4, -0.2) is 11.1 Å². The Morgan fingerprint density at radius 3 is 3.06 bits per heavy atom. The summed E-state index contributed by atoms with van der Waals surface area (Å²) in [4.78, 5) is 12.7. The van der Waals surface area contributed by atoms with E-state index in [2.05, 4.69) is 26.4 Å². The van der Waals surface area contributed by atoms with Gasteiger partial charge in [-0.05, 0) is 28.9 Å². The molecule has 0 unspecified atom stereocenters. The summed E-state index contributed by atoms with van der Waals surface area (Å²) in [7, 11) is 0. The molecule has 2 aromatic rings. The highest BCUT2D eigenvalue weighted by Gasteiger charge is 2.13. The summed E-state index contributed by atoms with van der Waals surface area (Å²) < 4.78 is 5.88. The van der Waals surface area contributed by atoms with E-state index in [1.807, 2.05) is 11.4 Å². The van der Waals surface area contributed by atoms with Crippen molar-refractivity contribution in [3.8, 4) is 0 Å². The van der Waals surface area contributed by atoms with Gasteiger partial charge in [0.1, 0.15) is 0 Å². The molecule has 0 aliphatic heterocycles. The maximum atomic E-state index is 11.7. The number of hydrogen-bond acceptors (Lipinski definition) is 4. The van der Waals surface area contributed by atoms with E-state index in [1.165, 1.54) is 6.20 Å². The van der Waals surface area contributed by atoms with Gasteiger partial charge in [0.25, 0.3) is 5.91 Å². The molecule has 0 fully saturated rings. The second-order valence-corrected chi connectivity index (χ2v) is 5.16. The maximum absolute atomic E-state index is 11.7. The summed E-state index contributed by atoms with van der Waals surface area (Å²) in [6.45, 7) is 2.28. The summed E-state index contributed by atoms with van der Waals surface area (Å²) in [5.41, 5.74) is 0.741. The average Bonchev–Trinajstić information content (AvgIpc) is 2.84. The topological polar surface area (TPSA) is 55.1 Å². The van der Waals surface area contributed by atoms with Gasteiger partial charge in [0.2, 0.25) is 5.76 Å². The lowest BCUT2D eigenvalue weighted by atomic mass is 10.3. The van der Waals surface area contributed by atoms with Gasteiger partial charge in [0.05, 0.1) is 12.7 Å². The number of nitrogens with zero attached hydrogens (tertiary/aromatic N) is 1.